The number of halogens is 1. The molecule has 0 aliphatic carbocycles. The predicted molar refractivity (Wildman–Crippen MR) is 50.4 cm³/mol. The van der Waals surface area contributed by atoms with Crippen LogP contribution in [0.25, 0.3) is 0 Å². The van der Waals surface area contributed by atoms with Gasteiger partial charge in [-0.25, -0.2) is 0 Å². The quantitative estimate of drug-likeness (QED) is 0.461. The van der Waals surface area contributed by atoms with Gasteiger partial charge in [0.2, 0.25) is 0 Å². The molecular weight excluding hydrogens is 264 g/mol. The van der Waals surface area contributed by atoms with Crippen LogP contribution in [0.2, 0.25) is 0 Å². The highest BCUT2D eigenvalue weighted by Crippen LogP contribution is 2.17. The number of hydrogen-bond acceptors (Lipinski definition) is 4. The van der Waals surface area contributed by atoms with Gasteiger partial charge < -0.3 is 4.74 Å². The van der Waals surface area contributed by atoms with Crippen molar-refractivity contribution in [1.82, 2.24) is 0 Å². The molecule has 0 aliphatic heterocycles. The van der Waals surface area contributed by atoms with E-state index >= 15 is 0 Å². The van der Waals surface area contributed by atoms with Crippen molar-refractivity contribution in [1.29, 1.82) is 0 Å². The minimum atomic E-state index is -4.06. The van der Waals surface area contributed by atoms with Gasteiger partial charge in [-0.2, -0.15) is 8.42 Å². The Hall–Kier alpha value is -0.140. The summed E-state index contributed by atoms with van der Waals surface area (Å²) in [5.74, 6) is -1.15. The van der Waals surface area contributed by atoms with Gasteiger partial charge in [-0.15, -0.1) is 0 Å². The molecule has 7 heteroatoms. The van der Waals surface area contributed by atoms with Gasteiger partial charge >= 0.3 is 5.97 Å². The maximum atomic E-state index is 11.0. The number of esters is 1. The van der Waals surface area contributed by atoms with Crippen LogP contribution in [0.5, 0.6) is 0 Å². The molecule has 0 aliphatic rings. The lowest BCUT2D eigenvalue weighted by molar-refractivity contribution is -0.144. The fraction of sp³-hybridized carbons (Fsp3) is 0.833. The molecule has 0 saturated carbocycles. The Morgan fingerprint density at radius 1 is 1.54 bits per heavy atom. The summed E-state index contributed by atoms with van der Waals surface area (Å²) in [5, 5.41) is 0. The SMILES string of the molecule is CC(C)(Br)C(=O)OCCS(=O)(=O)O. The largest absolute Gasteiger partial charge is 0.463 e. The molecule has 0 rings (SSSR count). The lowest BCUT2D eigenvalue weighted by Gasteiger charge is -2.13. The molecule has 5 nitrogen and oxygen atoms in total. The molecule has 0 radical (unpaired) electrons. The first-order valence-electron chi connectivity index (χ1n) is 3.44. The highest BCUT2D eigenvalue weighted by Gasteiger charge is 2.25. The van der Waals surface area contributed by atoms with Gasteiger partial charge in [0.15, 0.2) is 0 Å². The third-order valence-corrected chi connectivity index (χ3v) is 2.07. The van der Waals surface area contributed by atoms with Crippen molar-refractivity contribution in [2.45, 2.75) is 18.2 Å². The molecule has 0 aromatic rings. The third-order valence-electron chi connectivity index (χ3n) is 1.06. The van der Waals surface area contributed by atoms with Crippen molar-refractivity contribution < 1.29 is 22.5 Å². The lowest BCUT2D eigenvalue weighted by Crippen LogP contribution is -2.28. The molecule has 0 aromatic carbocycles. The van der Waals surface area contributed by atoms with Crippen molar-refractivity contribution in [2.75, 3.05) is 12.4 Å². The second-order valence-electron chi connectivity index (χ2n) is 2.89. The van der Waals surface area contributed by atoms with Gasteiger partial charge in [0.25, 0.3) is 10.1 Å². The van der Waals surface area contributed by atoms with Crippen LogP contribution in [-0.4, -0.2) is 35.6 Å². The molecule has 1 N–H and O–H groups in total. The third kappa shape index (κ3) is 6.97. The number of ether oxygens (including phenoxy) is 1. The van der Waals surface area contributed by atoms with Gasteiger partial charge in [0.05, 0.1) is 0 Å². The van der Waals surface area contributed by atoms with E-state index in [1.54, 1.807) is 13.8 Å². The van der Waals surface area contributed by atoms with Gasteiger partial charge in [-0.3, -0.25) is 9.35 Å². The second-order valence-corrected chi connectivity index (χ2v) is 6.45. The van der Waals surface area contributed by atoms with Crippen molar-refractivity contribution in [3.8, 4) is 0 Å². The number of hydrogen-bond donors (Lipinski definition) is 1. The van der Waals surface area contributed by atoms with E-state index in [0.29, 0.717) is 0 Å². The van der Waals surface area contributed by atoms with Gasteiger partial charge in [0.1, 0.15) is 16.7 Å². The number of rotatable bonds is 4. The van der Waals surface area contributed by atoms with Crippen LogP contribution >= 0.6 is 15.9 Å². The van der Waals surface area contributed by atoms with Crippen LogP contribution < -0.4 is 0 Å². The molecule has 78 valence electrons. The van der Waals surface area contributed by atoms with E-state index in [-0.39, 0.29) is 6.61 Å². The molecule has 0 amide bonds. The topological polar surface area (TPSA) is 80.7 Å². The summed E-state index contributed by atoms with van der Waals surface area (Å²) in [5.41, 5.74) is 0. The number of alkyl halides is 1. The van der Waals surface area contributed by atoms with E-state index in [9.17, 15) is 13.2 Å². The summed E-state index contributed by atoms with van der Waals surface area (Å²) in [6.45, 7) is 2.80. The Bertz CT molecular complexity index is 276. The zero-order valence-corrected chi connectivity index (χ0v) is 9.68. The van der Waals surface area contributed by atoms with Crippen molar-refractivity contribution in [3.63, 3.8) is 0 Å². The maximum Gasteiger partial charge on any atom is 0.322 e. The first kappa shape index (κ1) is 12.9. The molecular formula is C6H11BrO5S. The van der Waals surface area contributed by atoms with E-state index in [2.05, 4.69) is 20.7 Å². The Morgan fingerprint density at radius 3 is 2.31 bits per heavy atom. The first-order valence-corrected chi connectivity index (χ1v) is 5.84. The first-order chi connectivity index (χ1) is 5.63. The minimum Gasteiger partial charge on any atom is -0.463 e. The predicted octanol–water partition coefficient (Wildman–Crippen LogP) is 0.591. The van der Waals surface area contributed by atoms with Crippen LogP contribution in [-0.2, 0) is 19.6 Å². The lowest BCUT2D eigenvalue weighted by atomic mass is 10.2. The zero-order chi connectivity index (χ0) is 10.7. The molecule has 0 atom stereocenters. The second kappa shape index (κ2) is 4.39. The van der Waals surface area contributed by atoms with E-state index in [1.807, 2.05) is 0 Å². The summed E-state index contributed by atoms with van der Waals surface area (Å²) in [6.07, 6.45) is 0. The zero-order valence-electron chi connectivity index (χ0n) is 7.28. The highest BCUT2D eigenvalue weighted by atomic mass is 79.9. The molecule has 0 spiro atoms. The van der Waals surface area contributed by atoms with Crippen LogP contribution in [0.3, 0.4) is 0 Å². The molecule has 13 heavy (non-hydrogen) atoms. The standard InChI is InChI=1S/C6H11BrO5S/c1-6(2,7)5(8)12-3-4-13(9,10)11/h3-4H2,1-2H3,(H,9,10,11). The van der Waals surface area contributed by atoms with E-state index < -0.39 is 26.2 Å². The molecule has 0 aromatic heterocycles. The van der Waals surface area contributed by atoms with Crippen LogP contribution in [0.4, 0.5) is 0 Å². The van der Waals surface area contributed by atoms with Gasteiger partial charge in [-0.05, 0) is 13.8 Å². The molecule has 0 fully saturated rings. The normalized spacial score (nSPS) is 12.6. The van der Waals surface area contributed by atoms with Crippen molar-refractivity contribution in [3.05, 3.63) is 0 Å². The van der Waals surface area contributed by atoms with Crippen LogP contribution in [0, 0.1) is 0 Å². The van der Waals surface area contributed by atoms with E-state index in [0.717, 1.165) is 0 Å². The highest BCUT2D eigenvalue weighted by molar-refractivity contribution is 9.10. The number of carbonyl (C=O) groups is 1. The molecule has 0 bridgehead atoms. The van der Waals surface area contributed by atoms with Gasteiger partial charge in [-0.1, -0.05) is 15.9 Å². The molecule has 0 unspecified atom stereocenters. The fourth-order valence-electron chi connectivity index (χ4n) is 0.411. The van der Waals surface area contributed by atoms with Crippen LogP contribution in [0.15, 0.2) is 0 Å². The average molecular weight is 275 g/mol. The minimum absolute atomic E-state index is 0.341. The monoisotopic (exact) mass is 274 g/mol. The van der Waals surface area contributed by atoms with E-state index in [4.69, 9.17) is 4.55 Å². The van der Waals surface area contributed by atoms with Crippen LogP contribution in [0.1, 0.15) is 13.8 Å². The van der Waals surface area contributed by atoms with Crippen molar-refractivity contribution in [2.24, 2.45) is 0 Å². The Morgan fingerprint density at radius 2 is 2.00 bits per heavy atom. The summed E-state index contributed by atoms with van der Waals surface area (Å²) in [4.78, 5) is 11.0. The summed E-state index contributed by atoms with van der Waals surface area (Å²) < 4.78 is 32.4. The Kier molecular flexibility index (Phi) is 4.34. The van der Waals surface area contributed by atoms with E-state index in [1.165, 1.54) is 0 Å². The summed E-state index contributed by atoms with van der Waals surface area (Å²) in [7, 11) is -4.06. The van der Waals surface area contributed by atoms with Crippen molar-refractivity contribution >= 4 is 32.0 Å². The average Bonchev–Trinajstić information content (AvgIpc) is 1.82. The smallest absolute Gasteiger partial charge is 0.322 e. The summed E-state index contributed by atoms with van der Waals surface area (Å²) in [6, 6.07) is 0. The number of carbonyl (C=O) groups excluding carboxylic acids is 1. The molecule has 0 heterocycles. The Balaban J connectivity index is 3.87. The fourth-order valence-corrected chi connectivity index (χ4v) is 0.820. The summed E-state index contributed by atoms with van der Waals surface area (Å²) >= 11 is 3.04. The Labute approximate surface area is 85.3 Å². The molecule has 0 saturated heterocycles. The van der Waals surface area contributed by atoms with Gasteiger partial charge in [0, 0.05) is 0 Å². The maximum absolute atomic E-state index is 11.0.